The number of ether oxygens (including phenoxy) is 2. The molecule has 0 aromatic heterocycles. The highest BCUT2D eigenvalue weighted by atomic mass is 32.2. The Morgan fingerprint density at radius 2 is 1.96 bits per heavy atom. The van der Waals surface area contributed by atoms with Gasteiger partial charge in [-0.2, -0.15) is 5.11 Å². The molecule has 8 heteroatoms. The van der Waals surface area contributed by atoms with Crippen LogP contribution >= 0.6 is 0 Å². The number of likely N-dealkylation sites (tertiary alicyclic amines) is 1. The van der Waals surface area contributed by atoms with Crippen molar-refractivity contribution in [3.8, 4) is 5.75 Å². The third-order valence-corrected chi connectivity index (χ3v) is 4.28. The number of amides is 1. The summed E-state index contributed by atoms with van der Waals surface area (Å²) in [6.07, 6.45) is 0.333. The van der Waals surface area contributed by atoms with Gasteiger partial charge in [0.15, 0.2) is 11.0 Å². The fraction of sp³-hybridized carbons (Fsp3) is 0.562. The Morgan fingerprint density at radius 1 is 1.29 bits per heavy atom. The van der Waals surface area contributed by atoms with Crippen molar-refractivity contribution in [3.63, 3.8) is 0 Å². The van der Waals surface area contributed by atoms with E-state index in [1.54, 1.807) is 36.3 Å². The second kappa shape index (κ2) is 7.74. The molecule has 0 spiro atoms. The summed E-state index contributed by atoms with van der Waals surface area (Å²) in [5, 5.41) is 4.12. The molecule has 1 heterocycles. The molecule has 2 unspecified atom stereocenters. The highest BCUT2D eigenvalue weighted by molar-refractivity contribution is 7.83. The molecule has 132 valence electrons. The van der Waals surface area contributed by atoms with Crippen molar-refractivity contribution >= 4 is 17.1 Å². The zero-order chi connectivity index (χ0) is 17.7. The van der Waals surface area contributed by atoms with Crippen LogP contribution in [0.25, 0.3) is 0 Å². The van der Waals surface area contributed by atoms with Crippen LogP contribution in [0.3, 0.4) is 0 Å². The van der Waals surface area contributed by atoms with Gasteiger partial charge in [0.2, 0.25) is 0 Å². The minimum Gasteiger partial charge on any atom is -0.497 e. The van der Waals surface area contributed by atoms with Gasteiger partial charge in [-0.1, -0.05) is 4.52 Å². The van der Waals surface area contributed by atoms with E-state index in [4.69, 9.17) is 9.47 Å². The van der Waals surface area contributed by atoms with Gasteiger partial charge in [-0.05, 0) is 51.5 Å². The third-order valence-electron chi connectivity index (χ3n) is 3.36. The van der Waals surface area contributed by atoms with Gasteiger partial charge in [-0.3, -0.25) is 0 Å². The van der Waals surface area contributed by atoms with Gasteiger partial charge in [-0.25, -0.2) is 9.00 Å². The summed E-state index contributed by atoms with van der Waals surface area (Å²) in [5.74, 6) is 0.691. The first-order valence-corrected chi connectivity index (χ1v) is 8.84. The first kappa shape index (κ1) is 18.4. The molecule has 1 aliphatic rings. The highest BCUT2D eigenvalue weighted by Crippen LogP contribution is 2.19. The van der Waals surface area contributed by atoms with Crippen LogP contribution in [-0.4, -0.2) is 47.0 Å². The minimum absolute atomic E-state index is 0.153. The number of rotatable bonds is 4. The number of benzene rings is 1. The van der Waals surface area contributed by atoms with Crippen molar-refractivity contribution in [2.45, 2.75) is 43.7 Å². The number of methoxy groups -OCH3 is 1. The van der Waals surface area contributed by atoms with E-state index in [-0.39, 0.29) is 12.1 Å². The van der Waals surface area contributed by atoms with Crippen LogP contribution in [0, 0.1) is 0 Å². The van der Waals surface area contributed by atoms with Crippen LogP contribution in [0.4, 0.5) is 4.79 Å². The molecule has 2 rings (SSSR count). The van der Waals surface area contributed by atoms with E-state index < -0.39 is 16.6 Å². The van der Waals surface area contributed by atoms with Crippen molar-refractivity contribution < 1.29 is 18.5 Å². The number of carbonyl (C=O) groups is 1. The molecule has 0 N–H and O–H groups in total. The van der Waals surface area contributed by atoms with Crippen molar-refractivity contribution in [1.82, 2.24) is 4.90 Å². The third kappa shape index (κ3) is 5.30. The van der Waals surface area contributed by atoms with Crippen LogP contribution in [0.5, 0.6) is 5.75 Å². The first-order valence-electron chi connectivity index (χ1n) is 7.73. The standard InChI is InChI=1S/C16H23N3O4S/c1-16(2,3)23-15(20)19-10-9-12(11-19)17-18-24(21)14-7-5-13(22-4)6-8-14/h5-8,12H,9-11H2,1-4H3. The normalized spacial score (nSPS) is 19.5. The minimum atomic E-state index is -1.56. The van der Waals surface area contributed by atoms with E-state index >= 15 is 0 Å². The predicted molar refractivity (Wildman–Crippen MR) is 90.5 cm³/mol. The average molecular weight is 353 g/mol. The molecule has 1 aliphatic heterocycles. The molecule has 24 heavy (non-hydrogen) atoms. The molecule has 0 aliphatic carbocycles. The second-order valence-corrected chi connectivity index (χ2v) is 7.62. The summed E-state index contributed by atoms with van der Waals surface area (Å²) < 4.78 is 26.4. The number of nitrogens with zero attached hydrogens (tertiary/aromatic N) is 3. The summed E-state index contributed by atoms with van der Waals surface area (Å²) >= 11 is 0. The van der Waals surface area contributed by atoms with Gasteiger partial charge >= 0.3 is 6.09 Å². The summed E-state index contributed by atoms with van der Waals surface area (Å²) in [6.45, 7) is 6.48. The average Bonchev–Trinajstić information content (AvgIpc) is 3.00. The van der Waals surface area contributed by atoms with Gasteiger partial charge in [0.05, 0.1) is 18.0 Å². The SMILES string of the molecule is COc1ccc(S(=O)N=NC2CCN(C(=O)OC(C)(C)C)C2)cc1. The zero-order valence-electron chi connectivity index (χ0n) is 14.4. The Hall–Kier alpha value is -1.96. The lowest BCUT2D eigenvalue weighted by Gasteiger charge is -2.24. The first-order chi connectivity index (χ1) is 11.3. The molecule has 7 nitrogen and oxygen atoms in total. The van der Waals surface area contributed by atoms with Gasteiger partial charge in [0.25, 0.3) is 0 Å². The van der Waals surface area contributed by atoms with Crippen LogP contribution in [0.1, 0.15) is 27.2 Å². The van der Waals surface area contributed by atoms with Crippen LogP contribution < -0.4 is 4.74 Å². The molecule has 1 aromatic rings. The molecular weight excluding hydrogens is 330 g/mol. The second-order valence-electron chi connectivity index (χ2n) is 6.49. The molecule has 1 aromatic carbocycles. The van der Waals surface area contributed by atoms with E-state index in [9.17, 15) is 9.00 Å². The Kier molecular flexibility index (Phi) is 5.93. The molecule has 1 amide bonds. The number of carbonyl (C=O) groups excluding carboxylic acids is 1. The van der Waals surface area contributed by atoms with Crippen LogP contribution in [0.2, 0.25) is 0 Å². The fourth-order valence-corrected chi connectivity index (χ4v) is 2.86. The van der Waals surface area contributed by atoms with E-state index in [0.717, 1.165) is 0 Å². The Bertz CT molecular complexity index is 625. The molecule has 1 saturated heterocycles. The van der Waals surface area contributed by atoms with Gasteiger partial charge in [0, 0.05) is 13.1 Å². The van der Waals surface area contributed by atoms with Crippen LogP contribution in [-0.2, 0) is 15.7 Å². The topological polar surface area (TPSA) is 80.6 Å². The largest absolute Gasteiger partial charge is 0.497 e. The molecular formula is C16H23N3O4S. The smallest absolute Gasteiger partial charge is 0.410 e. The Labute approximate surface area is 144 Å². The van der Waals surface area contributed by atoms with E-state index in [2.05, 4.69) is 9.63 Å². The maximum atomic E-state index is 12.1. The van der Waals surface area contributed by atoms with Gasteiger partial charge in [0.1, 0.15) is 11.4 Å². The number of hydrogen-bond acceptors (Lipinski definition) is 5. The number of hydrogen-bond donors (Lipinski definition) is 0. The van der Waals surface area contributed by atoms with E-state index in [0.29, 0.717) is 30.2 Å². The van der Waals surface area contributed by atoms with Crippen LogP contribution in [0.15, 0.2) is 38.8 Å². The van der Waals surface area contributed by atoms with E-state index in [1.165, 1.54) is 0 Å². The maximum Gasteiger partial charge on any atom is 0.410 e. The van der Waals surface area contributed by atoms with Gasteiger partial charge in [-0.15, -0.1) is 0 Å². The molecule has 2 atom stereocenters. The van der Waals surface area contributed by atoms with E-state index in [1.807, 2.05) is 20.8 Å². The molecule has 0 bridgehead atoms. The summed E-state index contributed by atoms with van der Waals surface area (Å²) in [4.78, 5) is 14.1. The highest BCUT2D eigenvalue weighted by Gasteiger charge is 2.29. The maximum absolute atomic E-state index is 12.1. The summed E-state index contributed by atoms with van der Waals surface area (Å²) in [7, 11) is 0.0122. The summed E-state index contributed by atoms with van der Waals surface area (Å²) in [6, 6.07) is 6.68. The lowest BCUT2D eigenvalue weighted by atomic mass is 10.2. The molecule has 1 fully saturated rings. The molecule has 0 saturated carbocycles. The lowest BCUT2D eigenvalue weighted by Crippen LogP contribution is -2.35. The van der Waals surface area contributed by atoms with Crippen molar-refractivity contribution in [2.75, 3.05) is 20.2 Å². The monoisotopic (exact) mass is 353 g/mol. The van der Waals surface area contributed by atoms with Crippen molar-refractivity contribution in [2.24, 2.45) is 9.63 Å². The van der Waals surface area contributed by atoms with Gasteiger partial charge < -0.3 is 14.4 Å². The summed E-state index contributed by atoms with van der Waals surface area (Å²) in [5.41, 5.74) is -0.521. The van der Waals surface area contributed by atoms with Crippen molar-refractivity contribution in [3.05, 3.63) is 24.3 Å². The Morgan fingerprint density at radius 3 is 2.54 bits per heavy atom. The van der Waals surface area contributed by atoms with Crippen molar-refractivity contribution in [1.29, 1.82) is 0 Å². The fourth-order valence-electron chi connectivity index (χ4n) is 2.18. The quantitative estimate of drug-likeness (QED) is 0.779. The predicted octanol–water partition coefficient (Wildman–Crippen LogP) is 3.18. The Balaban J connectivity index is 1.88. The lowest BCUT2D eigenvalue weighted by molar-refractivity contribution is 0.0292. The molecule has 0 radical (unpaired) electrons. The zero-order valence-corrected chi connectivity index (χ0v) is 15.2.